The molecule has 0 saturated carbocycles. The molecule has 0 spiro atoms. The van der Waals surface area contributed by atoms with Gasteiger partial charge in [-0.1, -0.05) is 48.5 Å². The van der Waals surface area contributed by atoms with Crippen LogP contribution in [0, 0.1) is 0 Å². The van der Waals surface area contributed by atoms with Gasteiger partial charge < -0.3 is 4.52 Å². The molecule has 6 heteroatoms. The molecule has 2 aromatic rings. The number of rotatable bonds is 6. The van der Waals surface area contributed by atoms with Crippen molar-refractivity contribution < 1.29 is 18.7 Å². The molecule has 0 amide bonds. The molecular weight excluding hydrogens is 319 g/mol. The van der Waals surface area contributed by atoms with Gasteiger partial charge in [-0.2, -0.15) is 12.6 Å². The fraction of sp³-hybridized carbons (Fsp3) is 0.125. The summed E-state index contributed by atoms with van der Waals surface area (Å²) >= 11 is 3.94. The van der Waals surface area contributed by atoms with Crippen LogP contribution in [-0.4, -0.2) is 17.2 Å². The lowest BCUT2D eigenvalue weighted by Gasteiger charge is -2.17. The zero-order valence-electron chi connectivity index (χ0n) is 11.7. The maximum atomic E-state index is 13.2. The SMILES string of the molecule is O=C(CCS)OP(=O)(C(=O)c1ccccc1)c1ccccc1. The molecule has 2 rings (SSSR count). The second-order valence-electron chi connectivity index (χ2n) is 4.50. The molecule has 4 nitrogen and oxygen atoms in total. The van der Waals surface area contributed by atoms with Crippen molar-refractivity contribution in [3.63, 3.8) is 0 Å². The van der Waals surface area contributed by atoms with E-state index in [1.807, 2.05) is 0 Å². The van der Waals surface area contributed by atoms with E-state index < -0.39 is 18.9 Å². The lowest BCUT2D eigenvalue weighted by atomic mass is 10.2. The molecule has 0 N–H and O–H groups in total. The molecule has 0 radical (unpaired) electrons. The first-order valence-electron chi connectivity index (χ1n) is 6.67. The highest BCUT2D eigenvalue weighted by atomic mass is 32.1. The van der Waals surface area contributed by atoms with Crippen molar-refractivity contribution in [1.29, 1.82) is 0 Å². The summed E-state index contributed by atoms with van der Waals surface area (Å²) in [5, 5.41) is 0.205. The largest absolute Gasteiger partial charge is 0.403 e. The van der Waals surface area contributed by atoms with Crippen molar-refractivity contribution in [2.45, 2.75) is 6.42 Å². The van der Waals surface area contributed by atoms with Crippen LogP contribution in [-0.2, 0) is 13.9 Å². The van der Waals surface area contributed by atoms with E-state index in [0.29, 0.717) is 0 Å². The third-order valence-electron chi connectivity index (χ3n) is 2.93. The molecule has 22 heavy (non-hydrogen) atoms. The highest BCUT2D eigenvalue weighted by Crippen LogP contribution is 2.49. The summed E-state index contributed by atoms with van der Waals surface area (Å²) in [6.45, 7) is 0. The Hall–Kier alpha value is -1.84. The van der Waals surface area contributed by atoms with E-state index >= 15 is 0 Å². The maximum absolute atomic E-state index is 13.2. The van der Waals surface area contributed by atoms with Crippen LogP contribution >= 0.6 is 20.0 Å². The molecule has 1 unspecified atom stereocenters. The van der Waals surface area contributed by atoms with Crippen LogP contribution in [0.15, 0.2) is 60.7 Å². The zero-order chi connectivity index (χ0) is 16.0. The number of thiol groups is 1. The predicted octanol–water partition coefficient (Wildman–Crippen LogP) is 3.29. The Morgan fingerprint density at radius 1 is 0.955 bits per heavy atom. The summed E-state index contributed by atoms with van der Waals surface area (Å²) in [4.78, 5) is 24.4. The van der Waals surface area contributed by atoms with E-state index in [1.165, 1.54) is 12.1 Å². The molecule has 0 aliphatic carbocycles. The van der Waals surface area contributed by atoms with Crippen molar-refractivity contribution >= 4 is 36.8 Å². The van der Waals surface area contributed by atoms with Crippen molar-refractivity contribution in [3.8, 4) is 0 Å². The normalized spacial score (nSPS) is 13.1. The van der Waals surface area contributed by atoms with Gasteiger partial charge in [0, 0.05) is 11.3 Å². The number of benzene rings is 2. The third kappa shape index (κ3) is 3.67. The number of carbonyl (C=O) groups excluding carboxylic acids is 2. The van der Waals surface area contributed by atoms with Crippen LogP contribution in [0.2, 0.25) is 0 Å². The average Bonchev–Trinajstić information content (AvgIpc) is 2.56. The summed E-state index contributed by atoms with van der Waals surface area (Å²) < 4.78 is 18.3. The van der Waals surface area contributed by atoms with Crippen molar-refractivity contribution in [2.24, 2.45) is 0 Å². The van der Waals surface area contributed by atoms with E-state index in [-0.39, 0.29) is 23.0 Å². The molecule has 0 fully saturated rings. The first kappa shape index (κ1) is 16.5. The molecule has 0 aliphatic heterocycles. The average molecular weight is 334 g/mol. The number of hydrogen-bond donors (Lipinski definition) is 1. The Balaban J connectivity index is 2.44. The van der Waals surface area contributed by atoms with Crippen molar-refractivity contribution in [1.82, 2.24) is 0 Å². The monoisotopic (exact) mass is 334 g/mol. The minimum Gasteiger partial charge on any atom is -0.403 e. The van der Waals surface area contributed by atoms with E-state index in [2.05, 4.69) is 12.6 Å². The highest BCUT2D eigenvalue weighted by Gasteiger charge is 2.38. The second-order valence-corrected chi connectivity index (χ2v) is 7.15. The number of hydrogen-bond acceptors (Lipinski definition) is 5. The first-order valence-corrected chi connectivity index (χ1v) is 8.92. The molecule has 0 aromatic heterocycles. The van der Waals surface area contributed by atoms with Crippen LogP contribution in [0.4, 0.5) is 0 Å². The van der Waals surface area contributed by atoms with Gasteiger partial charge in [-0.05, 0) is 12.1 Å². The number of carbonyl (C=O) groups is 2. The molecule has 2 aromatic carbocycles. The molecule has 114 valence electrons. The summed E-state index contributed by atoms with van der Waals surface area (Å²) in [5.74, 6) is -0.445. The lowest BCUT2D eigenvalue weighted by molar-refractivity contribution is -0.133. The van der Waals surface area contributed by atoms with E-state index in [4.69, 9.17) is 4.52 Å². The van der Waals surface area contributed by atoms with Crippen LogP contribution in [0.3, 0.4) is 0 Å². The molecule has 0 aliphatic rings. The fourth-order valence-corrected chi connectivity index (χ4v) is 3.90. The fourth-order valence-electron chi connectivity index (χ4n) is 1.87. The summed E-state index contributed by atoms with van der Waals surface area (Å²) in [7, 11) is -3.99. The van der Waals surface area contributed by atoms with E-state index in [9.17, 15) is 14.2 Å². The van der Waals surface area contributed by atoms with Gasteiger partial charge in [0.15, 0.2) is 0 Å². The van der Waals surface area contributed by atoms with Crippen LogP contribution in [0.25, 0.3) is 0 Å². The van der Waals surface area contributed by atoms with Gasteiger partial charge in [-0.3, -0.25) is 14.2 Å². The van der Waals surface area contributed by atoms with Crippen LogP contribution < -0.4 is 5.30 Å². The van der Waals surface area contributed by atoms with Crippen LogP contribution in [0.5, 0.6) is 0 Å². The minimum absolute atomic E-state index is 0.0119. The van der Waals surface area contributed by atoms with Gasteiger partial charge in [0.05, 0.1) is 11.7 Å². The Labute approximate surface area is 134 Å². The Morgan fingerprint density at radius 2 is 1.50 bits per heavy atom. The smallest absolute Gasteiger partial charge is 0.348 e. The molecular formula is C16H15O4PS. The second kappa shape index (κ2) is 7.43. The van der Waals surface area contributed by atoms with Gasteiger partial charge in [-0.25, -0.2) is 0 Å². The van der Waals surface area contributed by atoms with E-state index in [1.54, 1.807) is 48.5 Å². The zero-order valence-corrected chi connectivity index (χ0v) is 13.5. The van der Waals surface area contributed by atoms with Gasteiger partial charge in [0.25, 0.3) is 5.52 Å². The molecule has 0 heterocycles. The Bertz CT molecular complexity index is 701. The summed E-state index contributed by atoms with van der Waals surface area (Å²) in [5.41, 5.74) is -0.444. The standard InChI is InChI=1S/C16H15O4PS/c17-15(11-12-22)20-21(19,14-9-5-2-6-10-14)16(18)13-7-3-1-4-8-13/h1-10,22H,11-12H2. The van der Waals surface area contributed by atoms with Gasteiger partial charge in [0.2, 0.25) is 0 Å². The quantitative estimate of drug-likeness (QED) is 0.650. The van der Waals surface area contributed by atoms with Gasteiger partial charge >= 0.3 is 13.3 Å². The maximum Gasteiger partial charge on any atom is 0.348 e. The van der Waals surface area contributed by atoms with Gasteiger partial charge in [-0.15, -0.1) is 0 Å². The van der Waals surface area contributed by atoms with Crippen LogP contribution in [0.1, 0.15) is 16.8 Å². The Morgan fingerprint density at radius 3 is 2.05 bits per heavy atom. The minimum atomic E-state index is -3.99. The van der Waals surface area contributed by atoms with Crippen molar-refractivity contribution in [3.05, 3.63) is 66.2 Å². The molecule has 0 saturated heterocycles. The van der Waals surface area contributed by atoms with Crippen molar-refractivity contribution in [2.75, 3.05) is 5.75 Å². The predicted molar refractivity (Wildman–Crippen MR) is 89.0 cm³/mol. The summed E-state index contributed by atoms with van der Waals surface area (Å²) in [6.07, 6.45) is -0.0119. The highest BCUT2D eigenvalue weighted by molar-refractivity contribution is 7.83. The molecule has 1 atom stereocenters. The van der Waals surface area contributed by atoms with Gasteiger partial charge in [0.1, 0.15) is 0 Å². The molecule has 0 bridgehead atoms. The summed E-state index contributed by atoms with van der Waals surface area (Å²) in [6, 6.07) is 16.2. The third-order valence-corrected chi connectivity index (χ3v) is 5.39. The lowest BCUT2D eigenvalue weighted by Crippen LogP contribution is -2.18. The Kier molecular flexibility index (Phi) is 5.58. The topological polar surface area (TPSA) is 60.4 Å². The van der Waals surface area contributed by atoms with E-state index in [0.717, 1.165) is 0 Å². The first-order chi connectivity index (χ1) is 10.6.